The van der Waals surface area contributed by atoms with Crippen molar-refractivity contribution in [1.82, 2.24) is 0 Å². The molecule has 0 fully saturated rings. The Morgan fingerprint density at radius 2 is 2.17 bits per heavy atom. The molecule has 0 radical (unpaired) electrons. The summed E-state index contributed by atoms with van der Waals surface area (Å²) in [5.41, 5.74) is 0.385. The monoisotopic (exact) mass is 273 g/mol. The summed E-state index contributed by atoms with van der Waals surface area (Å²) < 4.78 is 28.3. The molecule has 0 saturated carbocycles. The van der Waals surface area contributed by atoms with Crippen LogP contribution in [0.1, 0.15) is 6.92 Å². The maximum atomic E-state index is 11.9. The summed E-state index contributed by atoms with van der Waals surface area (Å²) in [5.74, 6) is -0.825. The Morgan fingerprint density at radius 1 is 1.50 bits per heavy atom. The predicted octanol–water partition coefficient (Wildman–Crippen LogP) is 0.383. The molecule has 1 atom stereocenters. The number of nitrogens with one attached hydrogen (secondary N) is 1. The minimum atomic E-state index is -3.66. The van der Waals surface area contributed by atoms with E-state index >= 15 is 0 Å². The van der Waals surface area contributed by atoms with Gasteiger partial charge in [0.25, 0.3) is 0 Å². The largest absolute Gasteiger partial charge is 0.367 e. The van der Waals surface area contributed by atoms with Gasteiger partial charge in [-0.2, -0.15) is 0 Å². The minimum absolute atomic E-state index is 0.0184. The van der Waals surface area contributed by atoms with E-state index in [-0.39, 0.29) is 10.8 Å². The summed E-state index contributed by atoms with van der Waals surface area (Å²) in [6, 6.07) is 5.81. The molecule has 0 aliphatic carbocycles. The van der Waals surface area contributed by atoms with Gasteiger partial charge in [0, 0.05) is 19.7 Å². The van der Waals surface area contributed by atoms with Crippen LogP contribution >= 0.6 is 0 Å². The first-order valence-corrected chi connectivity index (χ1v) is 6.81. The van der Waals surface area contributed by atoms with E-state index in [2.05, 4.69) is 10.1 Å². The molecule has 0 spiro atoms. The number of carbonyl (C=O) groups is 1. The number of methoxy groups -OCH3 is 1. The van der Waals surface area contributed by atoms with Crippen molar-refractivity contribution in [2.45, 2.75) is 18.1 Å². The van der Waals surface area contributed by atoms with Crippen LogP contribution in [0.4, 0.5) is 5.69 Å². The second-order valence-corrected chi connectivity index (χ2v) is 5.72. The lowest BCUT2D eigenvalue weighted by Crippen LogP contribution is -2.22. The zero-order valence-corrected chi connectivity index (χ0v) is 10.9. The Hall–Kier alpha value is -1.44. The van der Waals surface area contributed by atoms with Crippen molar-refractivity contribution >= 4 is 21.4 Å². The molecule has 0 aliphatic rings. The smallest absolute Gasteiger partial charge is 0.221 e. The van der Waals surface area contributed by atoms with Crippen LogP contribution in [0.25, 0.3) is 0 Å². The summed E-state index contributed by atoms with van der Waals surface area (Å²) >= 11 is 0. The maximum absolute atomic E-state index is 11.9. The fourth-order valence-corrected chi connectivity index (χ4v) is 2.62. The minimum Gasteiger partial charge on any atom is -0.367 e. The van der Waals surface area contributed by atoms with E-state index in [9.17, 15) is 18.3 Å². The molecule has 0 aromatic heterocycles. The second-order valence-electron chi connectivity index (χ2n) is 3.68. The van der Waals surface area contributed by atoms with Crippen LogP contribution in [0.5, 0.6) is 0 Å². The molecule has 2 N–H and O–H groups in total. The number of sulfone groups is 1. The van der Waals surface area contributed by atoms with Crippen LogP contribution in [0.15, 0.2) is 29.2 Å². The lowest BCUT2D eigenvalue weighted by atomic mass is 10.3. The molecule has 0 aliphatic heterocycles. The van der Waals surface area contributed by atoms with Crippen molar-refractivity contribution < 1.29 is 23.1 Å². The van der Waals surface area contributed by atoms with Gasteiger partial charge >= 0.3 is 0 Å². The van der Waals surface area contributed by atoms with Crippen molar-refractivity contribution in [3.05, 3.63) is 24.3 Å². The number of ether oxygens (including phenoxy) is 1. The molecule has 0 heterocycles. The van der Waals surface area contributed by atoms with Gasteiger partial charge in [-0.1, -0.05) is 6.07 Å². The van der Waals surface area contributed by atoms with Crippen molar-refractivity contribution in [2.75, 3.05) is 18.2 Å². The van der Waals surface area contributed by atoms with Gasteiger partial charge in [0.1, 0.15) is 5.75 Å². The van der Waals surface area contributed by atoms with Crippen LogP contribution in [-0.2, 0) is 19.4 Å². The summed E-state index contributed by atoms with van der Waals surface area (Å²) in [6.45, 7) is 1.33. The van der Waals surface area contributed by atoms with Crippen LogP contribution in [0.3, 0.4) is 0 Å². The van der Waals surface area contributed by atoms with E-state index in [4.69, 9.17) is 0 Å². The zero-order valence-electron chi connectivity index (χ0n) is 10.1. The number of aliphatic hydroxyl groups is 1. The highest BCUT2D eigenvalue weighted by Crippen LogP contribution is 2.17. The maximum Gasteiger partial charge on any atom is 0.221 e. The van der Waals surface area contributed by atoms with Gasteiger partial charge in [-0.3, -0.25) is 4.79 Å². The summed E-state index contributed by atoms with van der Waals surface area (Å²) in [5, 5.41) is 11.7. The summed E-state index contributed by atoms with van der Waals surface area (Å²) in [7, 11) is -2.44. The van der Waals surface area contributed by atoms with Gasteiger partial charge in [-0.25, -0.2) is 8.42 Å². The predicted molar refractivity (Wildman–Crippen MR) is 65.8 cm³/mol. The van der Waals surface area contributed by atoms with Gasteiger partial charge in [-0.15, -0.1) is 0 Å². The molecule has 1 unspecified atom stereocenters. The van der Waals surface area contributed by atoms with Crippen molar-refractivity contribution in [3.63, 3.8) is 0 Å². The third-order valence-electron chi connectivity index (χ3n) is 2.15. The van der Waals surface area contributed by atoms with E-state index in [1.165, 1.54) is 32.2 Å². The fraction of sp³-hybridized carbons (Fsp3) is 0.364. The Kier molecular flexibility index (Phi) is 4.83. The van der Waals surface area contributed by atoms with Crippen LogP contribution in [0.2, 0.25) is 0 Å². The summed E-state index contributed by atoms with van der Waals surface area (Å²) in [6.07, 6.45) is -1.38. The average Bonchev–Trinajstić information content (AvgIpc) is 2.27. The Labute approximate surface area is 106 Å². The molecule has 100 valence electrons. The fourth-order valence-electron chi connectivity index (χ4n) is 1.32. The molecular formula is C11H15NO5S. The molecule has 1 aromatic rings. The van der Waals surface area contributed by atoms with Gasteiger partial charge < -0.3 is 15.2 Å². The van der Waals surface area contributed by atoms with E-state index < -0.39 is 21.9 Å². The molecule has 18 heavy (non-hydrogen) atoms. The highest BCUT2D eigenvalue weighted by atomic mass is 32.2. The Morgan fingerprint density at radius 3 is 2.72 bits per heavy atom. The van der Waals surface area contributed by atoms with Crippen LogP contribution < -0.4 is 5.32 Å². The Bertz CT molecular complexity index is 526. The first-order chi connectivity index (χ1) is 8.35. The quantitative estimate of drug-likeness (QED) is 0.757. The topological polar surface area (TPSA) is 92.7 Å². The Balaban J connectivity index is 2.98. The van der Waals surface area contributed by atoms with E-state index in [1.54, 1.807) is 6.07 Å². The lowest BCUT2D eigenvalue weighted by Gasteiger charge is -2.10. The number of hydrogen-bond donors (Lipinski definition) is 2. The molecule has 0 saturated heterocycles. The molecule has 0 bridgehead atoms. The summed E-state index contributed by atoms with van der Waals surface area (Å²) in [4.78, 5) is 10.9. The number of hydrogen-bond acceptors (Lipinski definition) is 5. The number of rotatable bonds is 5. The van der Waals surface area contributed by atoms with Crippen molar-refractivity contribution in [1.29, 1.82) is 0 Å². The van der Waals surface area contributed by atoms with Gasteiger partial charge in [0.2, 0.25) is 5.91 Å². The number of carbonyl (C=O) groups excluding carboxylic acids is 1. The average molecular weight is 273 g/mol. The third-order valence-corrected chi connectivity index (χ3v) is 3.84. The SMILES string of the molecule is COC(O)CS(=O)(=O)c1cccc(NC(C)=O)c1. The van der Waals surface area contributed by atoms with Gasteiger partial charge in [0.05, 0.1) is 4.90 Å². The molecular weight excluding hydrogens is 258 g/mol. The molecule has 6 nitrogen and oxygen atoms in total. The normalized spacial score (nSPS) is 13.1. The number of aliphatic hydroxyl groups excluding tert-OH is 1. The first-order valence-electron chi connectivity index (χ1n) is 5.16. The van der Waals surface area contributed by atoms with Gasteiger partial charge in [-0.05, 0) is 18.2 Å². The standard InChI is InChI=1S/C11H15NO5S/c1-8(13)12-9-4-3-5-10(6-9)18(15,16)7-11(14)17-2/h3-6,11,14H,7H2,1-2H3,(H,12,13). The number of amides is 1. The molecule has 7 heteroatoms. The number of anilines is 1. The van der Waals surface area contributed by atoms with Crippen LogP contribution in [0, 0.1) is 0 Å². The van der Waals surface area contributed by atoms with E-state index in [0.717, 1.165) is 0 Å². The first kappa shape index (κ1) is 14.6. The van der Waals surface area contributed by atoms with E-state index in [0.29, 0.717) is 5.69 Å². The molecule has 1 rings (SSSR count). The van der Waals surface area contributed by atoms with Gasteiger partial charge in [0.15, 0.2) is 16.1 Å². The highest BCUT2D eigenvalue weighted by Gasteiger charge is 2.19. The van der Waals surface area contributed by atoms with Crippen LogP contribution in [-0.4, -0.2) is 38.6 Å². The van der Waals surface area contributed by atoms with E-state index in [1.807, 2.05) is 0 Å². The zero-order chi connectivity index (χ0) is 13.8. The highest BCUT2D eigenvalue weighted by molar-refractivity contribution is 7.91. The molecule has 1 amide bonds. The number of benzene rings is 1. The lowest BCUT2D eigenvalue weighted by molar-refractivity contribution is -0.114. The van der Waals surface area contributed by atoms with Crippen molar-refractivity contribution in [3.8, 4) is 0 Å². The third kappa shape index (κ3) is 4.10. The molecule has 1 aromatic carbocycles. The second kappa shape index (κ2) is 5.94. The van der Waals surface area contributed by atoms with Crippen molar-refractivity contribution in [2.24, 2.45) is 0 Å².